The standard InChI is InChI=1S/C7H7BrN2S/c8-1-5-3-11-6-2-9-4-10-7(5)6/h2,4-5H,1,3H2. The monoisotopic (exact) mass is 230 g/mol. The van der Waals surface area contributed by atoms with Gasteiger partial charge >= 0.3 is 0 Å². The second-order valence-electron chi connectivity index (χ2n) is 2.43. The summed E-state index contributed by atoms with van der Waals surface area (Å²) >= 11 is 5.32. The molecule has 0 amide bonds. The summed E-state index contributed by atoms with van der Waals surface area (Å²) in [5, 5.41) is 1.00. The van der Waals surface area contributed by atoms with Crippen molar-refractivity contribution in [3.05, 3.63) is 18.2 Å². The van der Waals surface area contributed by atoms with Crippen molar-refractivity contribution in [3.63, 3.8) is 0 Å². The molecule has 0 spiro atoms. The van der Waals surface area contributed by atoms with E-state index in [0.29, 0.717) is 5.92 Å². The van der Waals surface area contributed by atoms with Crippen molar-refractivity contribution < 1.29 is 0 Å². The van der Waals surface area contributed by atoms with E-state index in [1.54, 1.807) is 6.33 Å². The highest BCUT2D eigenvalue weighted by Gasteiger charge is 2.23. The molecule has 1 atom stereocenters. The fourth-order valence-electron chi connectivity index (χ4n) is 1.13. The number of alkyl halides is 1. The summed E-state index contributed by atoms with van der Waals surface area (Å²) in [6.45, 7) is 0. The molecular formula is C7H7BrN2S. The maximum atomic E-state index is 4.25. The summed E-state index contributed by atoms with van der Waals surface area (Å²) < 4.78 is 0. The summed E-state index contributed by atoms with van der Waals surface area (Å²) in [6, 6.07) is 0. The number of hydrogen-bond donors (Lipinski definition) is 0. The summed E-state index contributed by atoms with van der Waals surface area (Å²) in [4.78, 5) is 9.47. The first-order valence-corrected chi connectivity index (χ1v) is 5.51. The Morgan fingerprint density at radius 1 is 1.73 bits per heavy atom. The number of rotatable bonds is 1. The zero-order chi connectivity index (χ0) is 7.68. The Morgan fingerprint density at radius 3 is 3.45 bits per heavy atom. The minimum absolute atomic E-state index is 0.581. The molecule has 2 rings (SSSR count). The fourth-order valence-corrected chi connectivity index (χ4v) is 3.13. The van der Waals surface area contributed by atoms with E-state index in [1.807, 2.05) is 18.0 Å². The molecule has 2 nitrogen and oxygen atoms in total. The molecule has 58 valence electrons. The molecule has 1 unspecified atom stereocenters. The largest absolute Gasteiger partial charge is 0.244 e. The highest BCUT2D eigenvalue weighted by atomic mass is 79.9. The second kappa shape index (κ2) is 3.11. The van der Waals surface area contributed by atoms with Crippen molar-refractivity contribution in [2.24, 2.45) is 0 Å². The third kappa shape index (κ3) is 1.29. The molecule has 1 aromatic rings. The van der Waals surface area contributed by atoms with Crippen LogP contribution in [0.1, 0.15) is 11.6 Å². The van der Waals surface area contributed by atoms with E-state index in [1.165, 1.54) is 10.6 Å². The SMILES string of the molecule is BrCC1CSc2cncnc21. The van der Waals surface area contributed by atoms with Gasteiger partial charge in [0.2, 0.25) is 0 Å². The third-order valence-electron chi connectivity index (χ3n) is 1.72. The molecule has 0 fully saturated rings. The van der Waals surface area contributed by atoms with Gasteiger partial charge in [-0.2, -0.15) is 0 Å². The van der Waals surface area contributed by atoms with E-state index in [2.05, 4.69) is 25.9 Å². The second-order valence-corrected chi connectivity index (χ2v) is 4.14. The van der Waals surface area contributed by atoms with Crippen molar-refractivity contribution in [2.45, 2.75) is 10.8 Å². The molecule has 0 N–H and O–H groups in total. The van der Waals surface area contributed by atoms with Crippen molar-refractivity contribution in [1.82, 2.24) is 9.97 Å². The molecule has 0 aromatic carbocycles. The highest BCUT2D eigenvalue weighted by molar-refractivity contribution is 9.09. The number of nitrogens with zero attached hydrogens (tertiary/aromatic N) is 2. The number of aromatic nitrogens is 2. The van der Waals surface area contributed by atoms with Gasteiger partial charge in [-0.25, -0.2) is 9.97 Å². The summed E-state index contributed by atoms with van der Waals surface area (Å²) in [5.74, 6) is 1.72. The van der Waals surface area contributed by atoms with Gasteiger partial charge in [0.1, 0.15) is 6.33 Å². The summed E-state index contributed by atoms with van der Waals surface area (Å²) in [7, 11) is 0. The summed E-state index contributed by atoms with van der Waals surface area (Å²) in [5.41, 5.74) is 1.21. The van der Waals surface area contributed by atoms with Gasteiger partial charge in [0.05, 0.1) is 5.69 Å². The van der Waals surface area contributed by atoms with Crippen LogP contribution in [0.15, 0.2) is 17.4 Å². The van der Waals surface area contributed by atoms with Gasteiger partial charge in [-0.3, -0.25) is 0 Å². The van der Waals surface area contributed by atoms with E-state index >= 15 is 0 Å². The zero-order valence-electron chi connectivity index (χ0n) is 5.83. The Bertz CT molecular complexity index is 266. The lowest BCUT2D eigenvalue weighted by molar-refractivity contribution is 0.834. The van der Waals surface area contributed by atoms with Gasteiger partial charge in [-0.1, -0.05) is 15.9 Å². The molecule has 1 aromatic heterocycles. The van der Waals surface area contributed by atoms with Gasteiger partial charge < -0.3 is 0 Å². The first-order valence-electron chi connectivity index (χ1n) is 3.40. The van der Waals surface area contributed by atoms with Crippen LogP contribution in [0.2, 0.25) is 0 Å². The lowest BCUT2D eigenvalue weighted by atomic mass is 10.1. The Labute approximate surface area is 78.0 Å². The van der Waals surface area contributed by atoms with Crippen LogP contribution in [-0.2, 0) is 0 Å². The Kier molecular flexibility index (Phi) is 2.13. The van der Waals surface area contributed by atoms with Crippen LogP contribution in [0.3, 0.4) is 0 Å². The Hall–Kier alpha value is -0.0900. The van der Waals surface area contributed by atoms with E-state index in [-0.39, 0.29) is 0 Å². The predicted molar refractivity (Wildman–Crippen MR) is 49.3 cm³/mol. The van der Waals surface area contributed by atoms with Crippen molar-refractivity contribution >= 4 is 27.7 Å². The van der Waals surface area contributed by atoms with Crippen LogP contribution in [0, 0.1) is 0 Å². The predicted octanol–water partition coefficient (Wildman–Crippen LogP) is 2.06. The Balaban J connectivity index is 2.39. The van der Waals surface area contributed by atoms with Crippen LogP contribution >= 0.6 is 27.7 Å². The first kappa shape index (κ1) is 7.55. The molecule has 1 aliphatic heterocycles. The minimum Gasteiger partial charge on any atom is -0.244 e. The number of hydrogen-bond acceptors (Lipinski definition) is 3. The normalized spacial score (nSPS) is 21.7. The van der Waals surface area contributed by atoms with Crippen LogP contribution in [0.4, 0.5) is 0 Å². The average Bonchev–Trinajstić information content (AvgIpc) is 2.47. The quantitative estimate of drug-likeness (QED) is 0.692. The summed E-state index contributed by atoms with van der Waals surface area (Å²) in [6.07, 6.45) is 3.52. The molecule has 4 heteroatoms. The van der Waals surface area contributed by atoms with Crippen molar-refractivity contribution in [2.75, 3.05) is 11.1 Å². The molecule has 0 aliphatic carbocycles. The molecule has 0 bridgehead atoms. The van der Waals surface area contributed by atoms with Crippen LogP contribution in [-0.4, -0.2) is 21.1 Å². The van der Waals surface area contributed by atoms with Gasteiger partial charge in [0, 0.05) is 28.1 Å². The first-order chi connectivity index (χ1) is 5.42. The molecule has 0 saturated carbocycles. The number of halogens is 1. The highest BCUT2D eigenvalue weighted by Crippen LogP contribution is 2.37. The lowest BCUT2D eigenvalue weighted by Crippen LogP contribution is -2.00. The average molecular weight is 231 g/mol. The number of fused-ring (bicyclic) bond motifs is 1. The van der Waals surface area contributed by atoms with Gasteiger partial charge in [0.25, 0.3) is 0 Å². The third-order valence-corrected chi connectivity index (χ3v) is 3.70. The topological polar surface area (TPSA) is 25.8 Å². The maximum absolute atomic E-state index is 4.25. The molecule has 11 heavy (non-hydrogen) atoms. The Morgan fingerprint density at radius 2 is 2.64 bits per heavy atom. The van der Waals surface area contributed by atoms with Crippen molar-refractivity contribution in [1.29, 1.82) is 0 Å². The fraction of sp³-hybridized carbons (Fsp3) is 0.429. The van der Waals surface area contributed by atoms with Crippen LogP contribution in [0.25, 0.3) is 0 Å². The molecule has 1 aliphatic rings. The maximum Gasteiger partial charge on any atom is 0.115 e. The molecular weight excluding hydrogens is 224 g/mol. The van der Waals surface area contributed by atoms with Crippen molar-refractivity contribution in [3.8, 4) is 0 Å². The molecule has 0 saturated heterocycles. The van der Waals surface area contributed by atoms with E-state index < -0.39 is 0 Å². The van der Waals surface area contributed by atoms with Gasteiger partial charge in [0.15, 0.2) is 0 Å². The van der Waals surface area contributed by atoms with Gasteiger partial charge in [-0.05, 0) is 0 Å². The molecule has 2 heterocycles. The lowest BCUT2D eigenvalue weighted by Gasteiger charge is -2.02. The zero-order valence-corrected chi connectivity index (χ0v) is 8.23. The van der Waals surface area contributed by atoms with Crippen LogP contribution in [0.5, 0.6) is 0 Å². The molecule has 0 radical (unpaired) electrons. The van der Waals surface area contributed by atoms with E-state index in [4.69, 9.17) is 0 Å². The van der Waals surface area contributed by atoms with Crippen LogP contribution < -0.4 is 0 Å². The number of thioether (sulfide) groups is 1. The van der Waals surface area contributed by atoms with E-state index in [0.717, 1.165) is 11.1 Å². The van der Waals surface area contributed by atoms with E-state index in [9.17, 15) is 0 Å². The minimum atomic E-state index is 0.581. The van der Waals surface area contributed by atoms with Gasteiger partial charge in [-0.15, -0.1) is 11.8 Å². The smallest absolute Gasteiger partial charge is 0.115 e.